The summed E-state index contributed by atoms with van der Waals surface area (Å²) < 4.78 is 11.5. The van der Waals surface area contributed by atoms with Gasteiger partial charge in [0, 0.05) is 17.9 Å². The third kappa shape index (κ3) is 5.67. The van der Waals surface area contributed by atoms with E-state index in [1.165, 1.54) is 12.8 Å². The van der Waals surface area contributed by atoms with E-state index in [0.717, 1.165) is 47.7 Å². The van der Waals surface area contributed by atoms with E-state index >= 15 is 0 Å². The Morgan fingerprint density at radius 2 is 1.85 bits per heavy atom. The minimum atomic E-state index is 0.508. The van der Waals surface area contributed by atoms with Crippen LogP contribution in [0.4, 0.5) is 0 Å². The van der Waals surface area contributed by atoms with Crippen LogP contribution in [0.1, 0.15) is 62.2 Å². The predicted molar refractivity (Wildman–Crippen MR) is 110 cm³/mol. The molecule has 2 aromatic rings. The molecule has 5 heteroatoms. The van der Waals surface area contributed by atoms with Crippen LogP contribution in [-0.4, -0.2) is 30.2 Å². The molecule has 27 heavy (non-hydrogen) atoms. The highest BCUT2D eigenvalue weighted by molar-refractivity contribution is 5.35. The Kier molecular flexibility index (Phi) is 8.52. The van der Waals surface area contributed by atoms with Gasteiger partial charge in [0.15, 0.2) is 0 Å². The Bertz CT molecular complexity index is 715. The highest BCUT2D eigenvalue weighted by Gasteiger charge is 2.28. The molecule has 1 saturated carbocycles. The van der Waals surface area contributed by atoms with E-state index in [0.29, 0.717) is 24.9 Å². The van der Waals surface area contributed by atoms with Crippen molar-refractivity contribution in [1.82, 2.24) is 9.97 Å². The number of rotatable bonds is 9. The second kappa shape index (κ2) is 10.9. The molecular formula is C22H33N3O2. The molecule has 3 rings (SSSR count). The van der Waals surface area contributed by atoms with E-state index < -0.39 is 0 Å². The van der Waals surface area contributed by atoms with Crippen molar-refractivity contribution < 1.29 is 9.47 Å². The number of hydrogen-bond acceptors (Lipinski definition) is 5. The van der Waals surface area contributed by atoms with Crippen LogP contribution in [-0.2, 0) is 19.3 Å². The molecule has 1 fully saturated rings. The first-order valence-corrected chi connectivity index (χ1v) is 10.1. The van der Waals surface area contributed by atoms with Gasteiger partial charge in [-0.3, -0.25) is 0 Å². The first-order valence-electron chi connectivity index (χ1n) is 10.1. The minimum Gasteiger partial charge on any atom is -0.496 e. The molecule has 0 saturated heterocycles. The van der Waals surface area contributed by atoms with Crippen molar-refractivity contribution in [1.29, 1.82) is 0 Å². The van der Waals surface area contributed by atoms with Crippen molar-refractivity contribution in [3.05, 3.63) is 46.9 Å². The first-order chi connectivity index (χ1) is 13.3. The third-order valence-corrected chi connectivity index (χ3v) is 4.55. The van der Waals surface area contributed by atoms with Crippen LogP contribution < -0.4 is 15.2 Å². The number of aromatic nitrogens is 2. The summed E-state index contributed by atoms with van der Waals surface area (Å²) in [5, 5.41) is 0. The predicted octanol–water partition coefficient (Wildman–Crippen LogP) is 4.07. The molecule has 0 atom stereocenters. The van der Waals surface area contributed by atoms with Gasteiger partial charge in [0.2, 0.25) is 5.88 Å². The maximum Gasteiger partial charge on any atom is 0.220 e. The van der Waals surface area contributed by atoms with Gasteiger partial charge in [0.05, 0.1) is 19.4 Å². The molecular weight excluding hydrogens is 338 g/mol. The van der Waals surface area contributed by atoms with Crippen molar-refractivity contribution in [3.8, 4) is 11.6 Å². The zero-order valence-corrected chi connectivity index (χ0v) is 17.1. The Balaban J connectivity index is 0.00000126. The summed E-state index contributed by atoms with van der Waals surface area (Å²) in [5.41, 5.74) is 9.07. The molecule has 0 unspecified atom stereocenters. The van der Waals surface area contributed by atoms with Gasteiger partial charge in [0.1, 0.15) is 11.6 Å². The van der Waals surface area contributed by atoms with Gasteiger partial charge in [-0.25, -0.2) is 4.98 Å². The smallest absolute Gasteiger partial charge is 0.220 e. The highest BCUT2D eigenvalue weighted by atomic mass is 16.5. The molecule has 0 aliphatic heterocycles. The molecule has 1 aliphatic rings. The SMILES string of the molecule is CC.CCc1nc(C2CC2)nc(OCCc2ccccc2OC)c1CCN. The Labute approximate surface area is 163 Å². The van der Waals surface area contributed by atoms with Crippen LogP contribution in [0.3, 0.4) is 0 Å². The fourth-order valence-corrected chi connectivity index (χ4v) is 3.02. The van der Waals surface area contributed by atoms with Crippen molar-refractivity contribution >= 4 is 0 Å². The molecule has 1 heterocycles. The summed E-state index contributed by atoms with van der Waals surface area (Å²) in [7, 11) is 1.69. The largest absolute Gasteiger partial charge is 0.496 e. The summed E-state index contributed by atoms with van der Waals surface area (Å²) in [5.74, 6) is 3.05. The van der Waals surface area contributed by atoms with Crippen molar-refractivity contribution in [2.75, 3.05) is 20.3 Å². The normalized spacial score (nSPS) is 12.9. The number of benzene rings is 1. The molecule has 0 amide bonds. The molecule has 5 nitrogen and oxygen atoms in total. The van der Waals surface area contributed by atoms with Gasteiger partial charge in [-0.1, -0.05) is 39.0 Å². The fraction of sp³-hybridized carbons (Fsp3) is 0.545. The van der Waals surface area contributed by atoms with Gasteiger partial charge in [-0.15, -0.1) is 0 Å². The maximum absolute atomic E-state index is 6.09. The summed E-state index contributed by atoms with van der Waals surface area (Å²) in [6.45, 7) is 7.25. The molecule has 1 aromatic carbocycles. The number of aryl methyl sites for hydroxylation is 1. The zero-order valence-electron chi connectivity index (χ0n) is 17.1. The molecule has 0 radical (unpaired) electrons. The van der Waals surface area contributed by atoms with E-state index in [-0.39, 0.29) is 0 Å². The molecule has 2 N–H and O–H groups in total. The summed E-state index contributed by atoms with van der Waals surface area (Å²) in [4.78, 5) is 9.47. The Morgan fingerprint density at radius 1 is 1.11 bits per heavy atom. The number of nitrogens with two attached hydrogens (primary N) is 1. The number of methoxy groups -OCH3 is 1. The van der Waals surface area contributed by atoms with E-state index in [9.17, 15) is 0 Å². The second-order valence-corrected chi connectivity index (χ2v) is 6.39. The third-order valence-electron chi connectivity index (χ3n) is 4.55. The Morgan fingerprint density at radius 3 is 2.48 bits per heavy atom. The number of nitrogens with zero attached hydrogens (tertiary/aromatic N) is 2. The van der Waals surface area contributed by atoms with E-state index in [1.54, 1.807) is 7.11 Å². The van der Waals surface area contributed by atoms with Gasteiger partial charge in [0.25, 0.3) is 0 Å². The highest BCUT2D eigenvalue weighted by Crippen LogP contribution is 2.39. The van der Waals surface area contributed by atoms with Crippen molar-refractivity contribution in [2.24, 2.45) is 5.73 Å². The average molecular weight is 372 g/mol. The molecule has 1 aromatic heterocycles. The van der Waals surface area contributed by atoms with Crippen molar-refractivity contribution in [2.45, 2.75) is 58.8 Å². The van der Waals surface area contributed by atoms with Crippen LogP contribution in [0.2, 0.25) is 0 Å². The monoisotopic (exact) mass is 371 g/mol. The maximum atomic E-state index is 6.09. The lowest BCUT2D eigenvalue weighted by molar-refractivity contribution is 0.300. The number of ether oxygens (including phenoxy) is 2. The standard InChI is InChI=1S/C20H27N3O2.C2H6/c1-3-17-16(10-12-21)20(23-19(22-17)15-8-9-15)25-13-11-14-6-4-5-7-18(14)24-2;1-2/h4-7,15H,3,8-13,21H2,1-2H3;1-2H3. The van der Waals surface area contributed by atoms with E-state index in [4.69, 9.17) is 25.2 Å². The zero-order chi connectivity index (χ0) is 19.6. The molecule has 0 spiro atoms. The van der Waals surface area contributed by atoms with E-state index in [1.807, 2.05) is 32.0 Å². The Hall–Kier alpha value is -2.14. The van der Waals surface area contributed by atoms with Crippen LogP contribution in [0.15, 0.2) is 24.3 Å². The summed E-state index contributed by atoms with van der Waals surface area (Å²) >= 11 is 0. The quantitative estimate of drug-likeness (QED) is 0.719. The fourth-order valence-electron chi connectivity index (χ4n) is 3.02. The summed E-state index contributed by atoms with van der Waals surface area (Å²) in [6, 6.07) is 8.03. The molecule has 148 valence electrons. The number of hydrogen-bond donors (Lipinski definition) is 1. The van der Waals surface area contributed by atoms with Crippen molar-refractivity contribution in [3.63, 3.8) is 0 Å². The molecule has 0 bridgehead atoms. The first kappa shape index (κ1) is 21.2. The van der Waals surface area contributed by atoms with E-state index in [2.05, 4.69) is 13.0 Å². The lowest BCUT2D eigenvalue weighted by Crippen LogP contribution is -2.14. The average Bonchev–Trinajstić information content (AvgIpc) is 3.56. The molecule has 1 aliphatic carbocycles. The van der Waals surface area contributed by atoms with Crippen LogP contribution in [0.25, 0.3) is 0 Å². The number of para-hydroxylation sites is 1. The summed E-state index contributed by atoms with van der Waals surface area (Å²) in [6.07, 6.45) is 4.76. The van der Waals surface area contributed by atoms with Gasteiger partial charge in [-0.2, -0.15) is 4.98 Å². The van der Waals surface area contributed by atoms with Gasteiger partial charge >= 0.3 is 0 Å². The minimum absolute atomic E-state index is 0.508. The topological polar surface area (TPSA) is 70.3 Å². The van der Waals surface area contributed by atoms with Gasteiger partial charge < -0.3 is 15.2 Å². The lowest BCUT2D eigenvalue weighted by Gasteiger charge is -2.15. The van der Waals surface area contributed by atoms with Crippen LogP contribution in [0.5, 0.6) is 11.6 Å². The second-order valence-electron chi connectivity index (χ2n) is 6.39. The lowest BCUT2D eigenvalue weighted by atomic mass is 10.1. The van der Waals surface area contributed by atoms with Crippen LogP contribution in [0, 0.1) is 0 Å². The van der Waals surface area contributed by atoms with Crippen LogP contribution >= 0.6 is 0 Å². The van der Waals surface area contributed by atoms with Gasteiger partial charge in [-0.05, 0) is 43.9 Å².